The molecule has 1 aliphatic rings. The maximum atomic E-state index is 11.3. The zero-order chi connectivity index (χ0) is 11.4. The van der Waals surface area contributed by atoms with Crippen LogP contribution in [0.4, 0.5) is 0 Å². The van der Waals surface area contributed by atoms with E-state index in [1.807, 2.05) is 6.92 Å². The third kappa shape index (κ3) is 3.51. The zero-order valence-electron chi connectivity index (χ0n) is 10.5. The summed E-state index contributed by atoms with van der Waals surface area (Å²) in [5, 5.41) is 0. The Hall–Kier alpha value is -0.530. The monoisotopic (exact) mass is 212 g/mol. The van der Waals surface area contributed by atoms with Crippen LogP contribution in [0.1, 0.15) is 53.4 Å². The third-order valence-electron chi connectivity index (χ3n) is 3.53. The van der Waals surface area contributed by atoms with Gasteiger partial charge in [0, 0.05) is 6.42 Å². The molecule has 1 fully saturated rings. The Labute approximate surface area is 93.4 Å². The predicted octanol–water partition coefficient (Wildman–Crippen LogP) is 3.40. The number of carbonyl (C=O) groups excluding carboxylic acids is 1. The Kier molecular flexibility index (Phi) is 4.62. The van der Waals surface area contributed by atoms with Gasteiger partial charge in [0.15, 0.2) is 0 Å². The molecule has 0 radical (unpaired) electrons. The Morgan fingerprint density at radius 3 is 2.60 bits per heavy atom. The average molecular weight is 212 g/mol. The van der Waals surface area contributed by atoms with Gasteiger partial charge in [-0.2, -0.15) is 0 Å². The average Bonchev–Trinajstić information content (AvgIpc) is 2.17. The number of hydrogen-bond acceptors (Lipinski definition) is 2. The first-order valence-electron chi connectivity index (χ1n) is 6.24. The van der Waals surface area contributed by atoms with E-state index in [0.717, 1.165) is 6.42 Å². The van der Waals surface area contributed by atoms with E-state index in [-0.39, 0.29) is 12.1 Å². The number of ether oxygens (including phenoxy) is 1. The fraction of sp³-hybridized carbons (Fsp3) is 0.923. The first-order chi connectivity index (χ1) is 7.04. The molecule has 0 aromatic heterocycles. The van der Waals surface area contributed by atoms with Crippen LogP contribution in [0.15, 0.2) is 0 Å². The predicted molar refractivity (Wildman–Crippen MR) is 61.5 cm³/mol. The smallest absolute Gasteiger partial charge is 0.305 e. The van der Waals surface area contributed by atoms with Crippen LogP contribution in [0.2, 0.25) is 0 Å². The van der Waals surface area contributed by atoms with Crippen molar-refractivity contribution >= 4 is 5.97 Å². The molecule has 0 bridgehead atoms. The molecule has 88 valence electrons. The number of esters is 1. The van der Waals surface area contributed by atoms with E-state index in [9.17, 15) is 4.79 Å². The lowest BCUT2D eigenvalue weighted by molar-refractivity contribution is -0.155. The Balaban J connectivity index is 2.57. The van der Waals surface area contributed by atoms with Crippen molar-refractivity contribution in [3.8, 4) is 0 Å². The Morgan fingerprint density at radius 2 is 2.07 bits per heavy atom. The number of hydrogen-bond donors (Lipinski definition) is 0. The molecular weight excluding hydrogens is 188 g/mol. The van der Waals surface area contributed by atoms with Crippen LogP contribution in [0.5, 0.6) is 0 Å². The van der Waals surface area contributed by atoms with Crippen LogP contribution >= 0.6 is 0 Å². The van der Waals surface area contributed by atoms with Gasteiger partial charge >= 0.3 is 5.97 Å². The maximum absolute atomic E-state index is 11.3. The summed E-state index contributed by atoms with van der Waals surface area (Å²) in [6, 6.07) is 0. The van der Waals surface area contributed by atoms with Gasteiger partial charge in [-0.25, -0.2) is 0 Å². The fourth-order valence-electron chi connectivity index (χ4n) is 2.50. The molecule has 1 saturated carbocycles. The summed E-state index contributed by atoms with van der Waals surface area (Å²) in [6.45, 7) is 8.57. The lowest BCUT2D eigenvalue weighted by atomic mass is 9.75. The summed E-state index contributed by atoms with van der Waals surface area (Å²) in [7, 11) is 0. The number of carbonyl (C=O) groups is 1. The fourth-order valence-corrected chi connectivity index (χ4v) is 2.50. The lowest BCUT2D eigenvalue weighted by Crippen LogP contribution is -2.35. The highest BCUT2D eigenvalue weighted by Crippen LogP contribution is 2.35. The minimum Gasteiger partial charge on any atom is -0.462 e. The van der Waals surface area contributed by atoms with Gasteiger partial charge in [0.1, 0.15) is 6.10 Å². The molecule has 2 heteroatoms. The molecule has 0 aromatic carbocycles. The Morgan fingerprint density at radius 1 is 1.40 bits per heavy atom. The number of rotatable bonds is 3. The summed E-state index contributed by atoms with van der Waals surface area (Å²) in [6.07, 6.45) is 4.20. The van der Waals surface area contributed by atoms with Gasteiger partial charge in [-0.3, -0.25) is 4.79 Å². The van der Waals surface area contributed by atoms with Crippen LogP contribution in [0.3, 0.4) is 0 Å². The quantitative estimate of drug-likeness (QED) is 0.670. The molecular formula is C13H24O2. The first-order valence-corrected chi connectivity index (χ1v) is 6.24. The van der Waals surface area contributed by atoms with Crippen molar-refractivity contribution in [1.29, 1.82) is 0 Å². The molecule has 0 unspecified atom stereocenters. The van der Waals surface area contributed by atoms with Crippen LogP contribution < -0.4 is 0 Å². The molecule has 0 aromatic rings. The van der Waals surface area contributed by atoms with Crippen molar-refractivity contribution < 1.29 is 9.53 Å². The molecule has 1 rings (SSSR count). The molecule has 0 amide bonds. The highest BCUT2D eigenvalue weighted by atomic mass is 16.5. The van der Waals surface area contributed by atoms with Gasteiger partial charge in [0.05, 0.1) is 0 Å². The second-order valence-corrected chi connectivity index (χ2v) is 5.21. The van der Waals surface area contributed by atoms with E-state index in [1.54, 1.807) is 0 Å². The topological polar surface area (TPSA) is 26.3 Å². The van der Waals surface area contributed by atoms with Crippen molar-refractivity contribution in [3.63, 3.8) is 0 Å². The van der Waals surface area contributed by atoms with Crippen molar-refractivity contribution in [3.05, 3.63) is 0 Å². The molecule has 0 aliphatic heterocycles. The van der Waals surface area contributed by atoms with E-state index in [4.69, 9.17) is 4.74 Å². The highest BCUT2D eigenvalue weighted by molar-refractivity contribution is 5.69. The highest BCUT2D eigenvalue weighted by Gasteiger charge is 2.32. The molecule has 3 atom stereocenters. The second kappa shape index (κ2) is 5.53. The molecule has 1 aliphatic carbocycles. The first kappa shape index (κ1) is 12.5. The minimum atomic E-state index is -0.0419. The summed E-state index contributed by atoms with van der Waals surface area (Å²) in [4.78, 5) is 11.3. The largest absolute Gasteiger partial charge is 0.462 e. The summed E-state index contributed by atoms with van der Waals surface area (Å²) in [5.74, 6) is 1.85. The van der Waals surface area contributed by atoms with E-state index < -0.39 is 0 Å². The zero-order valence-corrected chi connectivity index (χ0v) is 10.5. The summed E-state index contributed by atoms with van der Waals surface area (Å²) >= 11 is 0. The van der Waals surface area contributed by atoms with E-state index >= 15 is 0 Å². The molecule has 2 nitrogen and oxygen atoms in total. The van der Waals surface area contributed by atoms with Gasteiger partial charge < -0.3 is 4.74 Å². The standard InChI is InChI=1S/C13H24O2/c1-5-13(14)15-12-8-10(4)6-7-11(12)9(2)3/h9-12H,5-8H2,1-4H3/t10-,11+,12-/m0/s1. The second-order valence-electron chi connectivity index (χ2n) is 5.21. The Bertz CT molecular complexity index is 211. The molecule has 0 spiro atoms. The van der Waals surface area contributed by atoms with Crippen molar-refractivity contribution in [2.45, 2.75) is 59.5 Å². The van der Waals surface area contributed by atoms with Crippen LogP contribution in [-0.2, 0) is 9.53 Å². The van der Waals surface area contributed by atoms with Crippen molar-refractivity contribution in [2.24, 2.45) is 17.8 Å². The van der Waals surface area contributed by atoms with Gasteiger partial charge in [0.2, 0.25) is 0 Å². The minimum absolute atomic E-state index is 0.0419. The van der Waals surface area contributed by atoms with Gasteiger partial charge in [0.25, 0.3) is 0 Å². The van der Waals surface area contributed by atoms with Gasteiger partial charge in [-0.05, 0) is 30.6 Å². The van der Waals surface area contributed by atoms with Crippen LogP contribution in [0, 0.1) is 17.8 Å². The van der Waals surface area contributed by atoms with Gasteiger partial charge in [-0.1, -0.05) is 34.1 Å². The molecule has 0 heterocycles. The van der Waals surface area contributed by atoms with Crippen molar-refractivity contribution in [1.82, 2.24) is 0 Å². The van der Waals surface area contributed by atoms with Gasteiger partial charge in [-0.15, -0.1) is 0 Å². The third-order valence-corrected chi connectivity index (χ3v) is 3.53. The molecule has 0 N–H and O–H groups in total. The SMILES string of the molecule is CCC(=O)O[C@H]1C[C@@H](C)CC[C@@H]1C(C)C. The van der Waals surface area contributed by atoms with E-state index in [2.05, 4.69) is 20.8 Å². The van der Waals surface area contributed by atoms with Crippen LogP contribution in [-0.4, -0.2) is 12.1 Å². The summed E-state index contributed by atoms with van der Waals surface area (Å²) < 4.78 is 5.55. The molecule has 0 saturated heterocycles. The van der Waals surface area contributed by atoms with E-state index in [0.29, 0.717) is 24.2 Å². The van der Waals surface area contributed by atoms with E-state index in [1.165, 1.54) is 12.8 Å². The van der Waals surface area contributed by atoms with Crippen LogP contribution in [0.25, 0.3) is 0 Å². The lowest BCUT2D eigenvalue weighted by Gasteiger charge is -2.36. The van der Waals surface area contributed by atoms with Crippen molar-refractivity contribution in [2.75, 3.05) is 0 Å². The molecule has 15 heavy (non-hydrogen) atoms. The summed E-state index contributed by atoms with van der Waals surface area (Å²) in [5.41, 5.74) is 0. The normalized spacial score (nSPS) is 31.7. The maximum Gasteiger partial charge on any atom is 0.305 e.